The number of anilines is 1. The van der Waals surface area contributed by atoms with Gasteiger partial charge < -0.3 is 25.0 Å². The summed E-state index contributed by atoms with van der Waals surface area (Å²) in [4.78, 5) is 52.7. The highest BCUT2D eigenvalue weighted by molar-refractivity contribution is 6.06. The fourth-order valence-corrected chi connectivity index (χ4v) is 3.58. The molecular formula is C20H25N7O6. The highest BCUT2D eigenvalue weighted by atomic mass is 16.5. The number of rotatable bonds is 11. The van der Waals surface area contributed by atoms with Crippen molar-refractivity contribution >= 4 is 29.4 Å². The number of hydrogen-bond acceptors (Lipinski definition) is 7. The zero-order valence-corrected chi connectivity index (χ0v) is 17.9. The van der Waals surface area contributed by atoms with E-state index in [4.69, 9.17) is 15.0 Å². The second kappa shape index (κ2) is 11.8. The van der Waals surface area contributed by atoms with Gasteiger partial charge in [0.1, 0.15) is 6.04 Å². The monoisotopic (exact) mass is 459 g/mol. The van der Waals surface area contributed by atoms with Crippen LogP contribution >= 0.6 is 0 Å². The van der Waals surface area contributed by atoms with E-state index < -0.39 is 18.0 Å². The molecule has 33 heavy (non-hydrogen) atoms. The summed E-state index contributed by atoms with van der Waals surface area (Å²) < 4.78 is 10.5. The number of fused-ring (bicyclic) bond motifs is 1. The minimum absolute atomic E-state index is 0.166. The van der Waals surface area contributed by atoms with Crippen LogP contribution in [0.25, 0.3) is 10.4 Å². The van der Waals surface area contributed by atoms with Gasteiger partial charge in [0.25, 0.3) is 5.91 Å². The molecule has 2 aliphatic rings. The van der Waals surface area contributed by atoms with Gasteiger partial charge in [-0.25, -0.2) is 4.79 Å². The van der Waals surface area contributed by atoms with Crippen LogP contribution in [-0.2, 0) is 25.6 Å². The van der Waals surface area contributed by atoms with E-state index in [-0.39, 0.29) is 50.9 Å². The van der Waals surface area contributed by atoms with E-state index in [1.54, 1.807) is 18.2 Å². The maximum absolute atomic E-state index is 12.8. The van der Waals surface area contributed by atoms with Crippen LogP contribution in [0.1, 0.15) is 28.8 Å². The Bertz CT molecular complexity index is 962. The van der Waals surface area contributed by atoms with E-state index in [0.29, 0.717) is 36.6 Å². The second-order valence-electron chi connectivity index (χ2n) is 7.29. The fourth-order valence-electron chi connectivity index (χ4n) is 3.58. The SMILES string of the molecule is [N-]=[N+]=NCCOCCOCCNC(=O)Nc1cccc2c1CN(C1CCC(=O)NC1=O)C2=O. The Hall–Kier alpha value is -3.67. The first-order valence-electron chi connectivity index (χ1n) is 10.5. The zero-order chi connectivity index (χ0) is 23.6. The van der Waals surface area contributed by atoms with Crippen LogP contribution in [0.2, 0.25) is 0 Å². The van der Waals surface area contributed by atoms with Crippen LogP contribution in [-0.4, -0.2) is 74.2 Å². The maximum atomic E-state index is 12.8. The number of hydrogen-bond donors (Lipinski definition) is 3. The number of amides is 5. The topological polar surface area (TPSA) is 175 Å². The quantitative estimate of drug-likeness (QED) is 0.146. The van der Waals surface area contributed by atoms with Crippen molar-refractivity contribution in [3.05, 3.63) is 39.8 Å². The predicted molar refractivity (Wildman–Crippen MR) is 115 cm³/mol. The molecule has 0 spiro atoms. The number of imide groups is 1. The molecule has 1 aromatic carbocycles. The number of urea groups is 1. The summed E-state index contributed by atoms with van der Waals surface area (Å²) in [5.41, 5.74) is 9.66. The fraction of sp³-hybridized carbons (Fsp3) is 0.500. The molecular weight excluding hydrogens is 434 g/mol. The van der Waals surface area contributed by atoms with Crippen LogP contribution in [0.5, 0.6) is 0 Å². The van der Waals surface area contributed by atoms with Gasteiger partial charge >= 0.3 is 6.03 Å². The van der Waals surface area contributed by atoms with Crippen LogP contribution < -0.4 is 16.0 Å². The minimum atomic E-state index is -0.718. The first-order chi connectivity index (χ1) is 16.0. The Morgan fingerprint density at radius 1 is 1.21 bits per heavy atom. The largest absolute Gasteiger partial charge is 0.379 e. The Kier molecular flexibility index (Phi) is 8.58. The summed E-state index contributed by atoms with van der Waals surface area (Å²) in [5, 5.41) is 11.0. The molecule has 0 aliphatic carbocycles. The van der Waals surface area contributed by atoms with Gasteiger partial charge in [0.15, 0.2) is 0 Å². The smallest absolute Gasteiger partial charge is 0.319 e. The lowest BCUT2D eigenvalue weighted by Crippen LogP contribution is -2.52. The van der Waals surface area contributed by atoms with E-state index in [0.717, 1.165) is 0 Å². The lowest BCUT2D eigenvalue weighted by molar-refractivity contribution is -0.136. The Labute approximate surface area is 189 Å². The lowest BCUT2D eigenvalue weighted by atomic mass is 10.0. The van der Waals surface area contributed by atoms with Crippen molar-refractivity contribution in [1.29, 1.82) is 0 Å². The average molecular weight is 459 g/mol. The summed E-state index contributed by atoms with van der Waals surface area (Å²) in [6.07, 6.45) is 0.445. The lowest BCUT2D eigenvalue weighted by Gasteiger charge is -2.29. The molecule has 1 atom stereocenters. The molecule has 2 aliphatic heterocycles. The molecule has 13 heteroatoms. The molecule has 3 N–H and O–H groups in total. The average Bonchev–Trinajstić information content (AvgIpc) is 3.12. The number of azide groups is 1. The minimum Gasteiger partial charge on any atom is -0.379 e. The molecule has 1 saturated heterocycles. The highest BCUT2D eigenvalue weighted by Gasteiger charge is 2.39. The summed E-state index contributed by atoms with van der Waals surface area (Å²) in [7, 11) is 0. The van der Waals surface area contributed by atoms with Crippen molar-refractivity contribution in [3.8, 4) is 0 Å². The third kappa shape index (κ3) is 6.42. The maximum Gasteiger partial charge on any atom is 0.319 e. The standard InChI is InChI=1S/C20H25N7O6/c21-26-23-7-9-33-11-10-32-8-6-22-20(31)24-15-3-1-2-13-14(15)12-27(19(13)30)16-4-5-17(28)25-18(16)29/h1-3,16H,4-12H2,(H2,22,24,31)(H,25,28,29). The Balaban J connectivity index is 1.44. The predicted octanol–water partition coefficient (Wildman–Crippen LogP) is 0.913. The van der Waals surface area contributed by atoms with Gasteiger partial charge in [-0.1, -0.05) is 11.2 Å². The molecule has 1 aromatic rings. The van der Waals surface area contributed by atoms with E-state index in [9.17, 15) is 19.2 Å². The molecule has 0 saturated carbocycles. The van der Waals surface area contributed by atoms with Gasteiger partial charge in [0.05, 0.1) is 26.4 Å². The van der Waals surface area contributed by atoms with Gasteiger partial charge in [-0.05, 0) is 24.1 Å². The summed E-state index contributed by atoms with van der Waals surface area (Å²) in [6, 6.07) is 3.82. The molecule has 5 amide bonds. The van der Waals surface area contributed by atoms with Crippen LogP contribution in [0, 0.1) is 0 Å². The third-order valence-corrected chi connectivity index (χ3v) is 5.13. The number of piperidine rings is 1. The number of nitrogens with zero attached hydrogens (tertiary/aromatic N) is 4. The molecule has 0 radical (unpaired) electrons. The number of ether oxygens (including phenoxy) is 2. The number of benzene rings is 1. The van der Waals surface area contributed by atoms with Gasteiger partial charge in [0.2, 0.25) is 11.8 Å². The van der Waals surface area contributed by atoms with Crippen molar-refractivity contribution in [1.82, 2.24) is 15.5 Å². The molecule has 2 heterocycles. The molecule has 0 bridgehead atoms. The van der Waals surface area contributed by atoms with Crippen LogP contribution in [0.4, 0.5) is 10.5 Å². The summed E-state index contributed by atoms with van der Waals surface area (Å²) in [5.74, 6) is -1.14. The highest BCUT2D eigenvalue weighted by Crippen LogP contribution is 2.32. The van der Waals surface area contributed by atoms with Crippen molar-refractivity contribution in [2.45, 2.75) is 25.4 Å². The van der Waals surface area contributed by atoms with Gasteiger partial charge in [-0.2, -0.15) is 0 Å². The van der Waals surface area contributed by atoms with Crippen LogP contribution in [0.15, 0.2) is 23.3 Å². The van der Waals surface area contributed by atoms with E-state index >= 15 is 0 Å². The Morgan fingerprint density at radius 3 is 2.76 bits per heavy atom. The number of carbonyl (C=O) groups is 4. The summed E-state index contributed by atoms with van der Waals surface area (Å²) >= 11 is 0. The molecule has 1 unspecified atom stereocenters. The molecule has 1 fully saturated rings. The third-order valence-electron chi connectivity index (χ3n) is 5.13. The zero-order valence-electron chi connectivity index (χ0n) is 17.9. The Morgan fingerprint density at radius 2 is 2.00 bits per heavy atom. The molecule has 176 valence electrons. The van der Waals surface area contributed by atoms with Crippen LogP contribution in [0.3, 0.4) is 0 Å². The van der Waals surface area contributed by atoms with Crippen molar-refractivity contribution in [2.24, 2.45) is 5.11 Å². The van der Waals surface area contributed by atoms with Gasteiger partial charge in [0, 0.05) is 47.8 Å². The van der Waals surface area contributed by atoms with Gasteiger partial charge in [-0.15, -0.1) is 0 Å². The number of nitrogens with one attached hydrogen (secondary N) is 3. The summed E-state index contributed by atoms with van der Waals surface area (Å²) in [6.45, 7) is 1.98. The van der Waals surface area contributed by atoms with Gasteiger partial charge in [-0.3, -0.25) is 19.7 Å². The number of carbonyl (C=O) groups excluding carboxylic acids is 4. The van der Waals surface area contributed by atoms with Crippen molar-refractivity contribution in [3.63, 3.8) is 0 Å². The van der Waals surface area contributed by atoms with E-state index in [2.05, 4.69) is 26.0 Å². The molecule has 0 aromatic heterocycles. The van der Waals surface area contributed by atoms with Crippen molar-refractivity contribution in [2.75, 3.05) is 44.8 Å². The normalized spacial score (nSPS) is 17.3. The first-order valence-corrected chi connectivity index (χ1v) is 10.5. The molecule has 3 rings (SSSR count). The van der Waals surface area contributed by atoms with Crippen molar-refractivity contribution < 1.29 is 28.7 Å². The van der Waals surface area contributed by atoms with E-state index in [1.807, 2.05) is 0 Å². The molecule has 13 nitrogen and oxygen atoms in total. The van der Waals surface area contributed by atoms with E-state index in [1.165, 1.54) is 4.90 Å². The first kappa shape index (κ1) is 24.0. The second-order valence-corrected chi connectivity index (χ2v) is 7.29.